The first-order valence-corrected chi connectivity index (χ1v) is 5.75. The predicted octanol–water partition coefficient (Wildman–Crippen LogP) is 2.35. The molecule has 7 heteroatoms. The van der Waals surface area contributed by atoms with Gasteiger partial charge in [-0.05, 0) is 36.5 Å². The number of nitriles is 1. The Morgan fingerprint density at radius 2 is 2.17 bits per heavy atom. The molecule has 0 aliphatic rings. The summed E-state index contributed by atoms with van der Waals surface area (Å²) in [5.41, 5.74) is 0.427. The Bertz CT molecular complexity index is 680. The minimum atomic E-state index is -0.337. The normalized spacial score (nSPS) is 10.0. The Morgan fingerprint density at radius 3 is 2.78 bits per heavy atom. The minimum Gasteiger partial charge on any atom is -0.268 e. The smallest absolute Gasteiger partial charge is 0.265 e. The third-order valence-electron chi connectivity index (χ3n) is 2.27. The third-order valence-corrected chi connectivity index (χ3v) is 2.80. The number of aromatic amines is 1. The molecule has 2 aromatic rings. The highest BCUT2D eigenvalue weighted by atomic mass is 35.5. The second-order valence-electron chi connectivity index (χ2n) is 3.43. The molecule has 0 aliphatic heterocycles. The van der Waals surface area contributed by atoms with Crippen LogP contribution in [-0.4, -0.2) is 20.7 Å². The molecule has 1 aromatic carbocycles. The number of hydrogen-bond donors (Lipinski definition) is 1. The number of nitrogens with zero attached hydrogens (tertiary/aromatic N) is 3. The second kappa shape index (κ2) is 5.12. The Kier molecular flexibility index (Phi) is 3.55. The third kappa shape index (κ3) is 2.32. The molecule has 1 heterocycles. The van der Waals surface area contributed by atoms with Gasteiger partial charge in [0.1, 0.15) is 0 Å². The molecule has 18 heavy (non-hydrogen) atoms. The van der Waals surface area contributed by atoms with E-state index in [9.17, 15) is 4.79 Å². The molecule has 0 amide bonds. The number of benzene rings is 1. The lowest BCUT2D eigenvalue weighted by molar-refractivity contribution is 0.0955. The van der Waals surface area contributed by atoms with Gasteiger partial charge in [0.05, 0.1) is 12.5 Å². The second-order valence-corrected chi connectivity index (χ2v) is 4.25. The van der Waals surface area contributed by atoms with Crippen molar-refractivity contribution < 1.29 is 4.79 Å². The Morgan fingerprint density at radius 1 is 1.50 bits per heavy atom. The van der Waals surface area contributed by atoms with Crippen LogP contribution in [0.2, 0.25) is 5.02 Å². The monoisotopic (exact) mass is 278 g/mol. The standard InChI is InChI=1S/C11H7ClN4OS/c12-8-3-1-7(2-4-8)10(17)16-9(5-6-13)14-15-11(16)18/h1-4H,5H2,(H,15,18). The quantitative estimate of drug-likeness (QED) is 0.856. The van der Waals surface area contributed by atoms with Crippen molar-refractivity contribution in [1.29, 1.82) is 5.26 Å². The molecule has 0 saturated heterocycles. The fourth-order valence-corrected chi connectivity index (χ4v) is 1.81. The summed E-state index contributed by atoms with van der Waals surface area (Å²) in [4.78, 5) is 12.2. The molecule has 2 rings (SSSR count). The van der Waals surface area contributed by atoms with Crippen LogP contribution < -0.4 is 0 Å². The molecule has 0 radical (unpaired) electrons. The molecule has 1 N–H and O–H groups in total. The molecule has 90 valence electrons. The van der Waals surface area contributed by atoms with Crippen LogP contribution in [0.5, 0.6) is 0 Å². The van der Waals surface area contributed by atoms with Gasteiger partial charge in [0.2, 0.25) is 4.77 Å². The van der Waals surface area contributed by atoms with E-state index in [0.717, 1.165) is 0 Å². The number of rotatable bonds is 2. The van der Waals surface area contributed by atoms with Crippen LogP contribution in [0.25, 0.3) is 0 Å². The highest BCUT2D eigenvalue weighted by molar-refractivity contribution is 7.71. The zero-order chi connectivity index (χ0) is 13.1. The lowest BCUT2D eigenvalue weighted by atomic mass is 10.2. The molecule has 0 aliphatic carbocycles. The molecular formula is C11H7ClN4OS. The summed E-state index contributed by atoms with van der Waals surface area (Å²) in [5.74, 6) is -0.0434. The molecule has 5 nitrogen and oxygen atoms in total. The van der Waals surface area contributed by atoms with Crippen LogP contribution in [0.15, 0.2) is 24.3 Å². The van der Waals surface area contributed by atoms with Gasteiger partial charge in [0, 0.05) is 10.6 Å². The summed E-state index contributed by atoms with van der Waals surface area (Å²) in [6.45, 7) is 0. The Balaban J connectivity index is 2.46. The van der Waals surface area contributed by atoms with Crippen LogP contribution in [0.3, 0.4) is 0 Å². The maximum Gasteiger partial charge on any atom is 0.265 e. The van der Waals surface area contributed by atoms with E-state index in [1.807, 2.05) is 6.07 Å². The van der Waals surface area contributed by atoms with E-state index in [-0.39, 0.29) is 17.1 Å². The first kappa shape index (κ1) is 12.5. The number of nitrogens with one attached hydrogen (secondary N) is 1. The van der Waals surface area contributed by atoms with Crippen LogP contribution >= 0.6 is 23.8 Å². The summed E-state index contributed by atoms with van der Waals surface area (Å²) in [6.07, 6.45) is 0.00642. The van der Waals surface area contributed by atoms with Gasteiger partial charge in [0.25, 0.3) is 5.91 Å². The molecule has 0 spiro atoms. The maximum absolute atomic E-state index is 12.2. The van der Waals surface area contributed by atoms with Gasteiger partial charge in [-0.3, -0.25) is 9.89 Å². The lowest BCUT2D eigenvalue weighted by Gasteiger charge is -2.03. The summed E-state index contributed by atoms with van der Waals surface area (Å²) in [7, 11) is 0. The van der Waals surface area contributed by atoms with Gasteiger partial charge in [-0.25, -0.2) is 4.57 Å². The van der Waals surface area contributed by atoms with Crippen molar-refractivity contribution in [3.8, 4) is 6.07 Å². The number of hydrogen-bond acceptors (Lipinski definition) is 4. The van der Waals surface area contributed by atoms with E-state index in [2.05, 4.69) is 10.2 Å². The van der Waals surface area contributed by atoms with Crippen molar-refractivity contribution >= 4 is 29.7 Å². The average molecular weight is 279 g/mol. The van der Waals surface area contributed by atoms with E-state index in [1.165, 1.54) is 4.57 Å². The van der Waals surface area contributed by atoms with Crippen molar-refractivity contribution in [1.82, 2.24) is 14.8 Å². The van der Waals surface area contributed by atoms with E-state index in [4.69, 9.17) is 29.1 Å². The molecular weight excluding hydrogens is 272 g/mol. The van der Waals surface area contributed by atoms with Crippen molar-refractivity contribution in [2.75, 3.05) is 0 Å². The summed E-state index contributed by atoms with van der Waals surface area (Å²) >= 11 is 10.7. The van der Waals surface area contributed by atoms with Gasteiger partial charge in [-0.2, -0.15) is 10.4 Å². The van der Waals surface area contributed by atoms with E-state index < -0.39 is 0 Å². The first-order chi connectivity index (χ1) is 8.63. The first-order valence-electron chi connectivity index (χ1n) is 4.97. The SMILES string of the molecule is N#CCc1n[nH]c(=S)n1C(=O)c1ccc(Cl)cc1. The van der Waals surface area contributed by atoms with Crippen LogP contribution in [0.1, 0.15) is 16.2 Å². The molecule has 0 saturated carbocycles. The zero-order valence-corrected chi connectivity index (χ0v) is 10.6. The Labute approximate surface area is 113 Å². The molecule has 0 unspecified atom stereocenters. The maximum atomic E-state index is 12.2. The zero-order valence-electron chi connectivity index (χ0n) is 9.05. The fourth-order valence-electron chi connectivity index (χ4n) is 1.45. The molecule has 0 atom stereocenters. The van der Waals surface area contributed by atoms with Gasteiger partial charge in [-0.1, -0.05) is 11.6 Å². The molecule has 0 fully saturated rings. The highest BCUT2D eigenvalue weighted by Crippen LogP contribution is 2.12. The van der Waals surface area contributed by atoms with Crippen molar-refractivity contribution in [2.24, 2.45) is 0 Å². The number of carbonyl (C=O) groups is 1. The van der Waals surface area contributed by atoms with Crippen LogP contribution in [0, 0.1) is 16.1 Å². The van der Waals surface area contributed by atoms with Crippen molar-refractivity contribution in [3.05, 3.63) is 45.4 Å². The Hall–Kier alpha value is -1.97. The molecule has 0 bridgehead atoms. The number of H-pyrrole nitrogens is 1. The largest absolute Gasteiger partial charge is 0.268 e. The van der Waals surface area contributed by atoms with Crippen molar-refractivity contribution in [2.45, 2.75) is 6.42 Å². The van der Waals surface area contributed by atoms with E-state index in [0.29, 0.717) is 16.4 Å². The lowest BCUT2D eigenvalue weighted by Crippen LogP contribution is -2.15. The average Bonchev–Trinajstić information content (AvgIpc) is 2.71. The summed E-state index contributed by atoms with van der Waals surface area (Å²) in [5, 5.41) is 15.6. The van der Waals surface area contributed by atoms with Crippen LogP contribution in [-0.2, 0) is 6.42 Å². The van der Waals surface area contributed by atoms with E-state index >= 15 is 0 Å². The number of halogens is 1. The van der Waals surface area contributed by atoms with Crippen molar-refractivity contribution in [3.63, 3.8) is 0 Å². The molecule has 1 aromatic heterocycles. The van der Waals surface area contributed by atoms with Gasteiger partial charge >= 0.3 is 0 Å². The fraction of sp³-hybridized carbons (Fsp3) is 0.0909. The summed E-state index contributed by atoms with van der Waals surface area (Å²) in [6, 6.07) is 8.34. The van der Waals surface area contributed by atoms with Gasteiger partial charge in [-0.15, -0.1) is 0 Å². The topological polar surface area (TPSA) is 74.5 Å². The number of carbonyl (C=O) groups excluding carboxylic acids is 1. The predicted molar refractivity (Wildman–Crippen MR) is 67.9 cm³/mol. The van der Waals surface area contributed by atoms with Crippen LogP contribution in [0.4, 0.5) is 0 Å². The highest BCUT2D eigenvalue weighted by Gasteiger charge is 2.15. The minimum absolute atomic E-state index is 0.00642. The number of aromatic nitrogens is 3. The summed E-state index contributed by atoms with van der Waals surface area (Å²) < 4.78 is 1.38. The van der Waals surface area contributed by atoms with E-state index in [1.54, 1.807) is 24.3 Å². The van der Waals surface area contributed by atoms with Gasteiger partial charge in [0.15, 0.2) is 5.82 Å². The van der Waals surface area contributed by atoms with Gasteiger partial charge < -0.3 is 0 Å².